The third kappa shape index (κ3) is 3.13. The minimum atomic E-state index is -2.91. The number of ether oxygens (including phenoxy) is 1. The average molecular weight is 254 g/mol. The first-order chi connectivity index (χ1) is 8.65. The molecular weight excluding hydrogens is 245 g/mol. The number of para-hydroxylation sites is 2. The van der Waals surface area contributed by atoms with E-state index in [2.05, 4.69) is 15.0 Å². The summed E-state index contributed by atoms with van der Waals surface area (Å²) in [6.45, 7) is -2.91. The Kier molecular flexibility index (Phi) is 3.66. The number of alkyl halides is 2. The van der Waals surface area contributed by atoms with E-state index in [-0.39, 0.29) is 5.75 Å². The number of hydrogen-bond acceptors (Lipinski definition) is 3. The molecular formula is C12H9F3N2O. The van der Waals surface area contributed by atoms with Gasteiger partial charge in [0.1, 0.15) is 5.75 Å². The molecule has 0 unspecified atom stereocenters. The van der Waals surface area contributed by atoms with Crippen LogP contribution in [0.25, 0.3) is 0 Å². The molecule has 6 heteroatoms. The van der Waals surface area contributed by atoms with Gasteiger partial charge in [-0.1, -0.05) is 12.1 Å². The molecule has 1 aromatic heterocycles. The van der Waals surface area contributed by atoms with Gasteiger partial charge in [-0.15, -0.1) is 0 Å². The zero-order chi connectivity index (χ0) is 13.0. The number of hydrogen-bond donors (Lipinski definition) is 1. The van der Waals surface area contributed by atoms with Crippen molar-refractivity contribution in [1.82, 2.24) is 4.98 Å². The fourth-order valence-corrected chi connectivity index (χ4v) is 1.40. The van der Waals surface area contributed by atoms with Crippen LogP contribution in [0.15, 0.2) is 42.6 Å². The van der Waals surface area contributed by atoms with Crippen LogP contribution in [0.3, 0.4) is 0 Å². The zero-order valence-corrected chi connectivity index (χ0v) is 9.11. The van der Waals surface area contributed by atoms with Crippen molar-refractivity contribution < 1.29 is 17.9 Å². The predicted molar refractivity (Wildman–Crippen MR) is 60.6 cm³/mol. The molecule has 0 spiro atoms. The third-order valence-corrected chi connectivity index (χ3v) is 2.11. The number of halogens is 3. The minimum Gasteiger partial charge on any atom is -0.433 e. The molecule has 2 rings (SSSR count). The van der Waals surface area contributed by atoms with Crippen LogP contribution in [0.5, 0.6) is 5.75 Å². The van der Waals surface area contributed by atoms with Crippen LogP contribution in [-0.2, 0) is 0 Å². The smallest absolute Gasteiger partial charge is 0.387 e. The molecule has 0 atom stereocenters. The van der Waals surface area contributed by atoms with Crippen molar-refractivity contribution in [2.45, 2.75) is 6.61 Å². The second-order valence-corrected chi connectivity index (χ2v) is 3.37. The zero-order valence-electron chi connectivity index (χ0n) is 9.11. The maximum atomic E-state index is 12.9. The maximum absolute atomic E-state index is 12.9. The van der Waals surface area contributed by atoms with Crippen molar-refractivity contribution in [2.24, 2.45) is 0 Å². The van der Waals surface area contributed by atoms with Gasteiger partial charge in [-0.3, -0.25) is 0 Å². The van der Waals surface area contributed by atoms with E-state index in [4.69, 9.17) is 0 Å². The Morgan fingerprint density at radius 3 is 2.67 bits per heavy atom. The Balaban J connectivity index is 2.23. The van der Waals surface area contributed by atoms with Crippen molar-refractivity contribution >= 4 is 11.4 Å². The van der Waals surface area contributed by atoms with E-state index in [1.807, 2.05) is 0 Å². The van der Waals surface area contributed by atoms with Crippen molar-refractivity contribution in [1.29, 1.82) is 0 Å². The van der Waals surface area contributed by atoms with Crippen LogP contribution in [0.1, 0.15) is 0 Å². The van der Waals surface area contributed by atoms with Crippen molar-refractivity contribution in [3.63, 3.8) is 0 Å². The van der Waals surface area contributed by atoms with Gasteiger partial charge < -0.3 is 10.1 Å². The van der Waals surface area contributed by atoms with E-state index in [1.54, 1.807) is 18.2 Å². The second kappa shape index (κ2) is 5.39. The number of nitrogens with one attached hydrogen (secondary N) is 1. The highest BCUT2D eigenvalue weighted by atomic mass is 19.3. The summed E-state index contributed by atoms with van der Waals surface area (Å²) in [7, 11) is 0. The molecule has 1 heterocycles. The molecule has 0 aliphatic carbocycles. The van der Waals surface area contributed by atoms with Gasteiger partial charge in [0.2, 0.25) is 5.95 Å². The first-order valence-electron chi connectivity index (χ1n) is 5.07. The first kappa shape index (κ1) is 12.2. The van der Waals surface area contributed by atoms with Gasteiger partial charge in [0.25, 0.3) is 0 Å². The van der Waals surface area contributed by atoms with Crippen LogP contribution in [0, 0.1) is 5.95 Å². The van der Waals surface area contributed by atoms with Gasteiger partial charge in [-0.05, 0) is 18.2 Å². The molecule has 0 amide bonds. The van der Waals surface area contributed by atoms with Gasteiger partial charge in [0.15, 0.2) is 0 Å². The molecule has 0 fully saturated rings. The van der Waals surface area contributed by atoms with Gasteiger partial charge >= 0.3 is 6.61 Å². The van der Waals surface area contributed by atoms with Gasteiger partial charge in [-0.2, -0.15) is 13.2 Å². The summed E-state index contributed by atoms with van der Waals surface area (Å²) in [5.74, 6) is -0.669. The molecule has 3 nitrogen and oxygen atoms in total. The molecule has 1 N–H and O–H groups in total. The Morgan fingerprint density at radius 2 is 1.94 bits per heavy atom. The topological polar surface area (TPSA) is 34.1 Å². The van der Waals surface area contributed by atoms with Crippen molar-refractivity contribution in [3.8, 4) is 5.75 Å². The molecule has 1 aromatic carbocycles. The number of aromatic nitrogens is 1. The van der Waals surface area contributed by atoms with E-state index in [0.29, 0.717) is 11.4 Å². The molecule has 94 valence electrons. The molecule has 0 aliphatic rings. The molecule has 0 saturated heterocycles. The monoisotopic (exact) mass is 254 g/mol. The van der Waals surface area contributed by atoms with Crippen molar-refractivity contribution in [2.75, 3.05) is 5.32 Å². The van der Waals surface area contributed by atoms with E-state index in [1.165, 1.54) is 18.3 Å². The molecule has 2 aromatic rings. The Labute approximate surface area is 101 Å². The first-order valence-corrected chi connectivity index (χ1v) is 5.07. The fourth-order valence-electron chi connectivity index (χ4n) is 1.40. The van der Waals surface area contributed by atoms with E-state index in [9.17, 15) is 13.2 Å². The van der Waals surface area contributed by atoms with Gasteiger partial charge in [0.05, 0.1) is 5.69 Å². The molecule has 18 heavy (non-hydrogen) atoms. The number of rotatable bonds is 4. The lowest BCUT2D eigenvalue weighted by Gasteiger charge is -2.12. The van der Waals surface area contributed by atoms with Gasteiger partial charge in [0, 0.05) is 18.0 Å². The lowest BCUT2D eigenvalue weighted by atomic mass is 10.2. The summed E-state index contributed by atoms with van der Waals surface area (Å²) < 4.78 is 41.6. The molecule has 0 saturated carbocycles. The van der Waals surface area contributed by atoms with Crippen molar-refractivity contribution in [3.05, 3.63) is 48.5 Å². The number of anilines is 2. The third-order valence-electron chi connectivity index (χ3n) is 2.11. The Morgan fingerprint density at radius 1 is 1.17 bits per heavy atom. The summed E-state index contributed by atoms with van der Waals surface area (Å²) in [6, 6.07) is 8.83. The average Bonchev–Trinajstić information content (AvgIpc) is 2.31. The van der Waals surface area contributed by atoms with E-state index in [0.717, 1.165) is 6.07 Å². The van der Waals surface area contributed by atoms with Crippen LogP contribution >= 0.6 is 0 Å². The Hall–Kier alpha value is -2.24. The highest BCUT2D eigenvalue weighted by Crippen LogP contribution is 2.28. The minimum absolute atomic E-state index is 0.00952. The van der Waals surface area contributed by atoms with E-state index >= 15 is 0 Å². The summed E-state index contributed by atoms with van der Waals surface area (Å²) in [5, 5.41) is 2.78. The van der Waals surface area contributed by atoms with Crippen LogP contribution in [0.4, 0.5) is 24.5 Å². The molecule has 0 bridgehead atoms. The Bertz CT molecular complexity index is 534. The lowest BCUT2D eigenvalue weighted by Crippen LogP contribution is -2.04. The van der Waals surface area contributed by atoms with Gasteiger partial charge in [-0.25, -0.2) is 4.98 Å². The summed E-state index contributed by atoms with van der Waals surface area (Å²) >= 11 is 0. The predicted octanol–water partition coefficient (Wildman–Crippen LogP) is 3.57. The molecule has 0 aliphatic heterocycles. The quantitative estimate of drug-likeness (QED) is 0.847. The lowest BCUT2D eigenvalue weighted by molar-refractivity contribution is -0.0493. The largest absolute Gasteiger partial charge is 0.433 e. The maximum Gasteiger partial charge on any atom is 0.387 e. The SMILES string of the molecule is Fc1cc(Nc2ccccc2OC(F)F)ccn1. The van der Waals surface area contributed by atoms with Crippen LogP contribution in [-0.4, -0.2) is 11.6 Å². The summed E-state index contributed by atoms with van der Waals surface area (Å²) in [4.78, 5) is 3.39. The van der Waals surface area contributed by atoms with E-state index < -0.39 is 12.6 Å². The highest BCUT2D eigenvalue weighted by molar-refractivity contribution is 5.65. The summed E-state index contributed by atoms with van der Waals surface area (Å²) in [6.07, 6.45) is 1.27. The standard InChI is InChI=1S/C12H9F3N2O/c13-11-7-8(5-6-16-11)17-9-3-1-2-4-10(9)18-12(14)15/h1-7,12H,(H,16,17). The van der Waals surface area contributed by atoms with Crippen LogP contribution in [0.2, 0.25) is 0 Å². The summed E-state index contributed by atoms with van der Waals surface area (Å²) in [5.41, 5.74) is 0.719. The number of pyridine rings is 1. The highest BCUT2D eigenvalue weighted by Gasteiger charge is 2.09. The van der Waals surface area contributed by atoms with Crippen LogP contribution < -0.4 is 10.1 Å². The number of benzene rings is 1. The number of nitrogens with zero attached hydrogens (tertiary/aromatic N) is 1. The normalized spacial score (nSPS) is 10.4. The fraction of sp³-hybridized carbons (Fsp3) is 0.0833. The second-order valence-electron chi connectivity index (χ2n) is 3.37. The molecule has 0 radical (unpaired) electrons.